The van der Waals surface area contributed by atoms with E-state index < -0.39 is 0 Å². The van der Waals surface area contributed by atoms with Gasteiger partial charge in [0.25, 0.3) is 0 Å². The molecule has 64 valence electrons. The van der Waals surface area contributed by atoms with E-state index in [-0.39, 0.29) is 30.7 Å². The van der Waals surface area contributed by atoms with Crippen LogP contribution < -0.4 is 0 Å². The molecule has 0 radical (unpaired) electrons. The second-order valence-electron chi connectivity index (χ2n) is 2.61. The van der Waals surface area contributed by atoms with Gasteiger partial charge in [0.05, 0.1) is 0 Å². The maximum atomic E-state index is 8.49. The highest BCUT2D eigenvalue weighted by Gasteiger charge is 2.26. The summed E-state index contributed by atoms with van der Waals surface area (Å²) in [6, 6.07) is 7.53. The molecule has 13 heavy (non-hydrogen) atoms. The molecule has 0 aliphatic heterocycles. The maximum absolute atomic E-state index is 8.49. The zero-order valence-electron chi connectivity index (χ0n) is 7.06. The van der Waals surface area contributed by atoms with Gasteiger partial charge in [0.1, 0.15) is 24.3 Å². The van der Waals surface area contributed by atoms with Crippen molar-refractivity contribution in [2.75, 3.05) is 26.2 Å². The van der Waals surface area contributed by atoms with Crippen molar-refractivity contribution in [3.63, 3.8) is 0 Å². The normalized spacial score (nSPS) is 8.92. The second-order valence-corrected chi connectivity index (χ2v) is 2.61. The number of hydrogen-bond acceptors (Lipinski definition) is 4. The largest absolute Gasteiger partial charge is 0.276 e. The SMILES string of the molecule is N#CC[N+](CC#N)(CC#N)CC#N. The maximum Gasteiger partial charge on any atom is 0.168 e. The van der Waals surface area contributed by atoms with E-state index in [4.69, 9.17) is 21.0 Å². The summed E-state index contributed by atoms with van der Waals surface area (Å²) in [5, 5.41) is 34.0. The summed E-state index contributed by atoms with van der Waals surface area (Å²) in [6.07, 6.45) is 0. The Morgan fingerprint density at radius 3 is 1.00 bits per heavy atom. The molecule has 0 heterocycles. The van der Waals surface area contributed by atoms with E-state index in [1.807, 2.05) is 24.3 Å². The molecule has 0 aliphatic carbocycles. The molecule has 0 aromatic rings. The predicted octanol–water partition coefficient (Wildman–Crippen LogP) is -0.102. The first kappa shape index (κ1) is 10.9. The van der Waals surface area contributed by atoms with Crippen molar-refractivity contribution in [2.45, 2.75) is 0 Å². The van der Waals surface area contributed by atoms with Gasteiger partial charge < -0.3 is 0 Å². The van der Waals surface area contributed by atoms with Crippen LogP contribution in [0.2, 0.25) is 0 Å². The summed E-state index contributed by atoms with van der Waals surface area (Å²) < 4.78 is -0.0694. The van der Waals surface area contributed by atoms with E-state index in [0.29, 0.717) is 0 Å². The van der Waals surface area contributed by atoms with Gasteiger partial charge in [-0.1, -0.05) is 0 Å². The smallest absolute Gasteiger partial charge is 0.168 e. The Morgan fingerprint density at radius 1 is 0.615 bits per heavy atom. The van der Waals surface area contributed by atoms with Gasteiger partial charge in [-0.25, -0.2) is 0 Å². The average Bonchev–Trinajstić information content (AvgIpc) is 2.06. The molecular weight excluding hydrogens is 166 g/mol. The molecule has 5 heteroatoms. The molecule has 0 amide bonds. The Labute approximate surface area is 76.8 Å². The van der Waals surface area contributed by atoms with Gasteiger partial charge in [-0.15, -0.1) is 0 Å². The zero-order valence-corrected chi connectivity index (χ0v) is 7.06. The molecule has 0 fully saturated rings. The van der Waals surface area contributed by atoms with E-state index >= 15 is 0 Å². The minimum Gasteiger partial charge on any atom is -0.276 e. The van der Waals surface area contributed by atoms with Crippen LogP contribution in [0, 0.1) is 45.3 Å². The first-order valence-electron chi connectivity index (χ1n) is 3.57. The first-order chi connectivity index (χ1) is 6.24. The van der Waals surface area contributed by atoms with Crippen molar-refractivity contribution in [2.24, 2.45) is 0 Å². The molecule has 0 atom stereocenters. The fourth-order valence-corrected chi connectivity index (χ4v) is 0.935. The second kappa shape index (κ2) is 5.56. The molecule has 0 aliphatic rings. The van der Waals surface area contributed by atoms with Gasteiger partial charge in [0.15, 0.2) is 26.2 Å². The monoisotopic (exact) mass is 174 g/mol. The lowest BCUT2D eigenvalue weighted by molar-refractivity contribution is -0.901. The van der Waals surface area contributed by atoms with Gasteiger partial charge in [-0.2, -0.15) is 21.0 Å². The third kappa shape index (κ3) is 3.21. The van der Waals surface area contributed by atoms with Crippen molar-refractivity contribution >= 4 is 0 Å². The topological polar surface area (TPSA) is 95.2 Å². The standard InChI is InChI=1S/C8H8N5/c9-1-5-13(6-2-10,7-3-11)8-4-12/h5-8H2/q+1. The predicted molar refractivity (Wildman–Crippen MR) is 42.2 cm³/mol. The lowest BCUT2D eigenvalue weighted by atomic mass is 10.3. The Hall–Kier alpha value is -2.08. The highest BCUT2D eigenvalue weighted by molar-refractivity contribution is 4.84. The summed E-state index contributed by atoms with van der Waals surface area (Å²) in [5.74, 6) is 0. The number of rotatable bonds is 4. The Bertz CT molecular complexity index is 249. The van der Waals surface area contributed by atoms with Crippen LogP contribution in [0.3, 0.4) is 0 Å². The van der Waals surface area contributed by atoms with Gasteiger partial charge >= 0.3 is 0 Å². The minimum atomic E-state index is -0.0694. The summed E-state index contributed by atoms with van der Waals surface area (Å²) in [7, 11) is 0. The van der Waals surface area contributed by atoms with Gasteiger partial charge in [0, 0.05) is 0 Å². The average molecular weight is 174 g/mol. The summed E-state index contributed by atoms with van der Waals surface area (Å²) in [5.41, 5.74) is 0. The van der Waals surface area contributed by atoms with Gasteiger partial charge in [0.2, 0.25) is 0 Å². The highest BCUT2D eigenvalue weighted by Crippen LogP contribution is 2.03. The Balaban J connectivity index is 4.66. The van der Waals surface area contributed by atoms with E-state index in [0.717, 1.165) is 0 Å². The summed E-state index contributed by atoms with van der Waals surface area (Å²) in [6.45, 7) is 0.0900. The third-order valence-corrected chi connectivity index (χ3v) is 1.62. The van der Waals surface area contributed by atoms with Gasteiger partial charge in [-0.05, 0) is 0 Å². The van der Waals surface area contributed by atoms with E-state index in [1.165, 1.54) is 0 Å². The fraction of sp³-hybridized carbons (Fsp3) is 0.500. The van der Waals surface area contributed by atoms with E-state index in [9.17, 15) is 0 Å². The van der Waals surface area contributed by atoms with Crippen LogP contribution in [0.25, 0.3) is 0 Å². The molecule has 0 bridgehead atoms. The number of nitrogens with zero attached hydrogens (tertiary/aromatic N) is 5. The van der Waals surface area contributed by atoms with Crippen molar-refractivity contribution in [1.82, 2.24) is 0 Å². The number of quaternary nitrogens is 1. The molecule has 0 spiro atoms. The molecule has 0 N–H and O–H groups in total. The molecule has 0 unspecified atom stereocenters. The molecule has 0 aromatic heterocycles. The molecule has 0 rings (SSSR count). The molecular formula is C8H8N5+. The third-order valence-electron chi connectivity index (χ3n) is 1.62. The Morgan fingerprint density at radius 2 is 0.846 bits per heavy atom. The van der Waals surface area contributed by atoms with Crippen LogP contribution in [-0.4, -0.2) is 30.7 Å². The van der Waals surface area contributed by atoms with Crippen molar-refractivity contribution in [3.8, 4) is 24.3 Å². The quantitative estimate of drug-likeness (QED) is 0.439. The molecule has 0 aromatic carbocycles. The van der Waals surface area contributed by atoms with Crippen LogP contribution in [0.4, 0.5) is 0 Å². The fourth-order valence-electron chi connectivity index (χ4n) is 0.935. The molecule has 5 nitrogen and oxygen atoms in total. The first-order valence-corrected chi connectivity index (χ1v) is 3.57. The van der Waals surface area contributed by atoms with Crippen LogP contribution in [0.15, 0.2) is 0 Å². The number of nitriles is 4. The van der Waals surface area contributed by atoms with E-state index in [1.54, 1.807) is 0 Å². The van der Waals surface area contributed by atoms with Crippen molar-refractivity contribution in [3.05, 3.63) is 0 Å². The summed E-state index contributed by atoms with van der Waals surface area (Å²) in [4.78, 5) is 0. The van der Waals surface area contributed by atoms with Crippen LogP contribution in [0.1, 0.15) is 0 Å². The van der Waals surface area contributed by atoms with Crippen LogP contribution in [-0.2, 0) is 0 Å². The van der Waals surface area contributed by atoms with Crippen LogP contribution >= 0.6 is 0 Å². The lowest BCUT2D eigenvalue weighted by Gasteiger charge is -2.28. The Kier molecular flexibility index (Phi) is 4.67. The summed E-state index contributed by atoms with van der Waals surface area (Å²) >= 11 is 0. The van der Waals surface area contributed by atoms with E-state index in [2.05, 4.69) is 0 Å². The zero-order chi connectivity index (χ0) is 10.2. The molecule has 0 saturated heterocycles. The van der Waals surface area contributed by atoms with Crippen molar-refractivity contribution in [1.29, 1.82) is 21.0 Å². The highest BCUT2D eigenvalue weighted by atomic mass is 15.3. The van der Waals surface area contributed by atoms with Gasteiger partial charge in [-0.3, -0.25) is 4.48 Å². The lowest BCUT2D eigenvalue weighted by Crippen LogP contribution is -2.49. The van der Waals surface area contributed by atoms with Crippen molar-refractivity contribution < 1.29 is 4.48 Å². The van der Waals surface area contributed by atoms with Crippen LogP contribution in [0.5, 0.6) is 0 Å². The minimum absolute atomic E-state index is 0.0225. The molecule has 0 saturated carbocycles. The number of hydrogen-bond donors (Lipinski definition) is 0.